The molecule has 1 nitrogen and oxygen atoms in total. The summed E-state index contributed by atoms with van der Waals surface area (Å²) < 4.78 is 13.3. The molecule has 2 rings (SSSR count). The number of hydrogen-bond donors (Lipinski definition) is 1. The molecular formula is C16H24FN. The van der Waals surface area contributed by atoms with Crippen LogP contribution in [-0.2, 0) is 0 Å². The summed E-state index contributed by atoms with van der Waals surface area (Å²) in [6.07, 6.45) is 5.05. The van der Waals surface area contributed by atoms with Gasteiger partial charge in [-0.1, -0.05) is 25.5 Å². The molecule has 0 amide bonds. The maximum absolute atomic E-state index is 13.3. The van der Waals surface area contributed by atoms with Crippen LogP contribution in [0.2, 0.25) is 0 Å². The first-order valence-electron chi connectivity index (χ1n) is 7.19. The number of benzene rings is 1. The van der Waals surface area contributed by atoms with E-state index in [1.807, 2.05) is 19.1 Å². The fraction of sp³-hybridized carbons (Fsp3) is 0.625. The maximum atomic E-state index is 13.3. The summed E-state index contributed by atoms with van der Waals surface area (Å²) in [7, 11) is 0. The van der Waals surface area contributed by atoms with Crippen molar-refractivity contribution in [1.82, 2.24) is 5.32 Å². The van der Waals surface area contributed by atoms with Gasteiger partial charge in [-0.05, 0) is 68.3 Å². The summed E-state index contributed by atoms with van der Waals surface area (Å²) in [5, 5.41) is 3.53. The van der Waals surface area contributed by atoms with Gasteiger partial charge in [0.15, 0.2) is 0 Å². The fourth-order valence-electron chi connectivity index (χ4n) is 3.08. The van der Waals surface area contributed by atoms with Crippen molar-refractivity contribution in [1.29, 1.82) is 0 Å². The van der Waals surface area contributed by atoms with Crippen molar-refractivity contribution in [2.75, 3.05) is 13.1 Å². The Morgan fingerprint density at radius 1 is 1.33 bits per heavy atom. The number of hydrogen-bond acceptors (Lipinski definition) is 1. The van der Waals surface area contributed by atoms with Crippen LogP contribution in [0.25, 0.3) is 0 Å². The molecule has 100 valence electrons. The van der Waals surface area contributed by atoms with Crippen LogP contribution in [0.3, 0.4) is 0 Å². The Kier molecular flexibility index (Phi) is 4.76. The summed E-state index contributed by atoms with van der Waals surface area (Å²) in [6, 6.07) is 5.64. The Morgan fingerprint density at radius 2 is 2.17 bits per heavy atom. The van der Waals surface area contributed by atoms with E-state index in [4.69, 9.17) is 0 Å². The van der Waals surface area contributed by atoms with E-state index in [2.05, 4.69) is 12.2 Å². The molecule has 0 spiro atoms. The summed E-state index contributed by atoms with van der Waals surface area (Å²) in [4.78, 5) is 0. The summed E-state index contributed by atoms with van der Waals surface area (Å²) in [6.45, 7) is 6.27. The highest BCUT2D eigenvalue weighted by Gasteiger charge is 2.28. The van der Waals surface area contributed by atoms with Crippen molar-refractivity contribution in [3.8, 4) is 0 Å². The number of nitrogens with one attached hydrogen (secondary N) is 1. The van der Waals surface area contributed by atoms with Crippen LogP contribution < -0.4 is 5.32 Å². The average Bonchev–Trinajstić information content (AvgIpc) is 2.81. The molecule has 1 N–H and O–H groups in total. The van der Waals surface area contributed by atoms with E-state index in [9.17, 15) is 4.39 Å². The minimum absolute atomic E-state index is 0.0857. The van der Waals surface area contributed by atoms with Gasteiger partial charge in [-0.25, -0.2) is 4.39 Å². The monoisotopic (exact) mass is 249 g/mol. The van der Waals surface area contributed by atoms with Gasteiger partial charge >= 0.3 is 0 Å². The van der Waals surface area contributed by atoms with E-state index in [0.717, 1.165) is 24.6 Å². The van der Waals surface area contributed by atoms with Crippen molar-refractivity contribution in [3.05, 3.63) is 35.1 Å². The van der Waals surface area contributed by atoms with Gasteiger partial charge in [0.05, 0.1) is 0 Å². The van der Waals surface area contributed by atoms with E-state index < -0.39 is 0 Å². The molecule has 2 unspecified atom stereocenters. The van der Waals surface area contributed by atoms with Crippen LogP contribution in [0.5, 0.6) is 0 Å². The van der Waals surface area contributed by atoms with Crippen molar-refractivity contribution in [2.24, 2.45) is 5.92 Å². The molecule has 1 saturated carbocycles. The van der Waals surface area contributed by atoms with E-state index in [1.54, 1.807) is 6.07 Å². The zero-order chi connectivity index (χ0) is 13.0. The Hall–Kier alpha value is -0.890. The first kappa shape index (κ1) is 13.5. The molecule has 1 fully saturated rings. The predicted octanol–water partition coefficient (Wildman–Crippen LogP) is 4.02. The molecule has 0 radical (unpaired) electrons. The Bertz CT molecular complexity index is 389. The van der Waals surface area contributed by atoms with Gasteiger partial charge in [0.25, 0.3) is 0 Å². The van der Waals surface area contributed by atoms with Gasteiger partial charge in [0.1, 0.15) is 5.82 Å². The minimum Gasteiger partial charge on any atom is -0.316 e. The molecule has 1 aromatic carbocycles. The smallest absolute Gasteiger partial charge is 0.126 e. The van der Waals surface area contributed by atoms with Crippen molar-refractivity contribution in [2.45, 2.75) is 45.4 Å². The third-order valence-corrected chi connectivity index (χ3v) is 4.10. The largest absolute Gasteiger partial charge is 0.316 e. The van der Waals surface area contributed by atoms with Crippen LogP contribution in [0.1, 0.15) is 49.7 Å². The van der Waals surface area contributed by atoms with Crippen LogP contribution in [-0.4, -0.2) is 13.1 Å². The average molecular weight is 249 g/mol. The molecule has 0 aliphatic heterocycles. The predicted molar refractivity (Wildman–Crippen MR) is 74.4 cm³/mol. The van der Waals surface area contributed by atoms with Gasteiger partial charge in [0.2, 0.25) is 0 Å². The van der Waals surface area contributed by atoms with E-state index in [1.165, 1.54) is 31.2 Å². The van der Waals surface area contributed by atoms with Crippen LogP contribution in [0.15, 0.2) is 18.2 Å². The fourth-order valence-corrected chi connectivity index (χ4v) is 3.08. The van der Waals surface area contributed by atoms with Gasteiger partial charge in [0, 0.05) is 0 Å². The lowest BCUT2D eigenvalue weighted by Gasteiger charge is -2.21. The van der Waals surface area contributed by atoms with E-state index in [0.29, 0.717) is 5.92 Å². The quantitative estimate of drug-likeness (QED) is 0.777. The standard InChI is InChI=1S/C16H24FN/c1-3-9-18-11-14-5-4-6-15(14)13-7-8-16(17)12(2)10-13/h7-8,10,14-15,18H,3-6,9,11H2,1-2H3. The van der Waals surface area contributed by atoms with E-state index >= 15 is 0 Å². The second-order valence-corrected chi connectivity index (χ2v) is 5.51. The normalized spacial score (nSPS) is 23.5. The maximum Gasteiger partial charge on any atom is 0.126 e. The zero-order valence-electron chi connectivity index (χ0n) is 11.5. The first-order valence-corrected chi connectivity index (χ1v) is 7.19. The molecule has 1 aromatic rings. The third kappa shape index (κ3) is 3.11. The number of aryl methyl sites for hydroxylation is 1. The number of halogens is 1. The minimum atomic E-state index is -0.0857. The summed E-state index contributed by atoms with van der Waals surface area (Å²) in [5.74, 6) is 1.26. The molecule has 1 aliphatic carbocycles. The molecule has 18 heavy (non-hydrogen) atoms. The van der Waals surface area contributed by atoms with Crippen LogP contribution >= 0.6 is 0 Å². The second-order valence-electron chi connectivity index (χ2n) is 5.51. The van der Waals surface area contributed by atoms with Crippen molar-refractivity contribution in [3.63, 3.8) is 0 Å². The van der Waals surface area contributed by atoms with E-state index in [-0.39, 0.29) is 5.82 Å². The summed E-state index contributed by atoms with van der Waals surface area (Å²) in [5.41, 5.74) is 2.11. The zero-order valence-corrected chi connectivity index (χ0v) is 11.5. The lowest BCUT2D eigenvalue weighted by Crippen LogP contribution is -2.25. The second kappa shape index (κ2) is 6.33. The topological polar surface area (TPSA) is 12.0 Å². The molecular weight excluding hydrogens is 225 g/mol. The third-order valence-electron chi connectivity index (χ3n) is 4.10. The molecule has 2 heteroatoms. The highest BCUT2D eigenvalue weighted by Crippen LogP contribution is 2.39. The Labute approximate surface area is 110 Å². The first-order chi connectivity index (χ1) is 8.72. The molecule has 0 saturated heterocycles. The Morgan fingerprint density at radius 3 is 2.89 bits per heavy atom. The molecule has 1 aliphatic rings. The van der Waals surface area contributed by atoms with Crippen molar-refractivity contribution >= 4 is 0 Å². The highest BCUT2D eigenvalue weighted by molar-refractivity contribution is 5.28. The van der Waals surface area contributed by atoms with Crippen molar-refractivity contribution < 1.29 is 4.39 Å². The molecule has 2 atom stereocenters. The molecule has 0 heterocycles. The number of rotatable bonds is 5. The Balaban J connectivity index is 2.03. The van der Waals surface area contributed by atoms with Crippen LogP contribution in [0.4, 0.5) is 4.39 Å². The van der Waals surface area contributed by atoms with Gasteiger partial charge < -0.3 is 5.32 Å². The lowest BCUT2D eigenvalue weighted by molar-refractivity contribution is 0.444. The van der Waals surface area contributed by atoms with Gasteiger partial charge in [-0.2, -0.15) is 0 Å². The molecule has 0 bridgehead atoms. The SMILES string of the molecule is CCCNCC1CCCC1c1ccc(F)c(C)c1. The summed E-state index contributed by atoms with van der Waals surface area (Å²) >= 11 is 0. The lowest BCUT2D eigenvalue weighted by atomic mass is 9.88. The molecule has 0 aromatic heterocycles. The highest BCUT2D eigenvalue weighted by atomic mass is 19.1. The van der Waals surface area contributed by atoms with Gasteiger partial charge in [-0.3, -0.25) is 0 Å². The van der Waals surface area contributed by atoms with Crippen LogP contribution in [0, 0.1) is 18.7 Å². The van der Waals surface area contributed by atoms with Gasteiger partial charge in [-0.15, -0.1) is 0 Å².